The van der Waals surface area contributed by atoms with Crippen molar-refractivity contribution in [2.75, 3.05) is 19.3 Å². The van der Waals surface area contributed by atoms with Crippen LogP contribution in [-0.2, 0) is 6.54 Å². The third-order valence-corrected chi connectivity index (χ3v) is 5.61. The minimum atomic E-state index is -0.240. The second-order valence-corrected chi connectivity index (χ2v) is 7.65. The maximum absolute atomic E-state index is 12.9. The lowest BCUT2D eigenvalue weighted by atomic mass is 10.1. The van der Waals surface area contributed by atoms with Crippen molar-refractivity contribution in [3.8, 4) is 11.6 Å². The Morgan fingerprint density at radius 3 is 2.39 bits per heavy atom. The molecule has 0 aliphatic rings. The normalized spacial score (nSPS) is 10.7. The smallest absolute Gasteiger partial charge is 0.256 e. The third kappa shape index (κ3) is 5.14. The first kappa shape index (κ1) is 22.6. The summed E-state index contributed by atoms with van der Waals surface area (Å²) in [6.45, 7) is 7.39. The van der Waals surface area contributed by atoms with E-state index in [0.29, 0.717) is 53.1 Å². The van der Waals surface area contributed by atoms with Crippen LogP contribution in [-0.4, -0.2) is 46.0 Å². The van der Waals surface area contributed by atoms with E-state index in [9.17, 15) is 9.59 Å². The summed E-state index contributed by atoms with van der Waals surface area (Å²) >= 11 is 1.39. The van der Waals surface area contributed by atoms with Crippen molar-refractivity contribution in [1.82, 2.24) is 20.2 Å². The number of thioether (sulfide) groups is 1. The molecule has 2 heterocycles. The molecule has 162 valence electrons. The molecule has 0 saturated carbocycles. The van der Waals surface area contributed by atoms with Gasteiger partial charge < -0.3 is 14.6 Å². The van der Waals surface area contributed by atoms with E-state index < -0.39 is 0 Å². The first-order valence-corrected chi connectivity index (χ1v) is 11.3. The minimum Gasteiger partial charge on any atom is -0.461 e. The monoisotopic (exact) mass is 438 g/mol. The average Bonchev–Trinajstić information content (AvgIpc) is 3.33. The molecule has 31 heavy (non-hydrogen) atoms. The summed E-state index contributed by atoms with van der Waals surface area (Å²) in [6.07, 6.45) is 3.43. The molecule has 3 rings (SSSR count). The number of carbonyl (C=O) groups is 2. The molecular formula is C23H26N4O3S. The van der Waals surface area contributed by atoms with Crippen LogP contribution in [0.4, 0.5) is 0 Å². The van der Waals surface area contributed by atoms with Gasteiger partial charge in [0, 0.05) is 25.2 Å². The van der Waals surface area contributed by atoms with Crippen LogP contribution in [0, 0.1) is 6.92 Å². The highest BCUT2D eigenvalue weighted by atomic mass is 32.2. The van der Waals surface area contributed by atoms with Crippen molar-refractivity contribution in [2.24, 2.45) is 0 Å². The molecule has 0 fully saturated rings. The summed E-state index contributed by atoms with van der Waals surface area (Å²) in [5, 5.41) is 3.52. The van der Waals surface area contributed by atoms with Gasteiger partial charge in [-0.3, -0.25) is 9.59 Å². The molecule has 1 N–H and O–H groups in total. The van der Waals surface area contributed by atoms with E-state index in [1.165, 1.54) is 11.8 Å². The van der Waals surface area contributed by atoms with E-state index in [-0.39, 0.29) is 11.8 Å². The van der Waals surface area contributed by atoms with Gasteiger partial charge in [0.15, 0.2) is 11.6 Å². The summed E-state index contributed by atoms with van der Waals surface area (Å²) in [5.74, 6) is 0.785. The molecule has 3 aromatic rings. The van der Waals surface area contributed by atoms with Gasteiger partial charge in [-0.25, -0.2) is 9.97 Å². The van der Waals surface area contributed by atoms with Crippen LogP contribution in [0.5, 0.6) is 0 Å². The van der Waals surface area contributed by atoms with Crippen LogP contribution in [0.3, 0.4) is 0 Å². The molecule has 0 spiro atoms. The molecule has 0 unspecified atom stereocenters. The largest absolute Gasteiger partial charge is 0.461 e. The second kappa shape index (κ2) is 10.3. The zero-order valence-electron chi connectivity index (χ0n) is 18.1. The van der Waals surface area contributed by atoms with Crippen LogP contribution in [0.15, 0.2) is 52.1 Å². The van der Waals surface area contributed by atoms with Gasteiger partial charge in [-0.2, -0.15) is 0 Å². The number of hydrogen-bond donors (Lipinski definition) is 1. The molecule has 1 aromatic carbocycles. The summed E-state index contributed by atoms with van der Waals surface area (Å²) in [6, 6.07) is 10.9. The summed E-state index contributed by atoms with van der Waals surface area (Å²) < 4.78 is 5.37. The molecular weight excluding hydrogens is 412 g/mol. The first-order valence-electron chi connectivity index (χ1n) is 10.1. The van der Waals surface area contributed by atoms with E-state index >= 15 is 0 Å². The Morgan fingerprint density at radius 1 is 1.10 bits per heavy atom. The number of hydrogen-bond acceptors (Lipinski definition) is 6. The van der Waals surface area contributed by atoms with Crippen LogP contribution in [0.1, 0.15) is 45.8 Å². The van der Waals surface area contributed by atoms with Gasteiger partial charge in [0.1, 0.15) is 5.03 Å². The lowest BCUT2D eigenvalue weighted by Gasteiger charge is -2.18. The van der Waals surface area contributed by atoms with Crippen molar-refractivity contribution in [3.63, 3.8) is 0 Å². The maximum Gasteiger partial charge on any atom is 0.256 e. The molecule has 0 saturated heterocycles. The fourth-order valence-electron chi connectivity index (χ4n) is 3.20. The van der Waals surface area contributed by atoms with Gasteiger partial charge in [-0.15, -0.1) is 11.8 Å². The van der Waals surface area contributed by atoms with Crippen molar-refractivity contribution < 1.29 is 14.0 Å². The number of furan rings is 1. The van der Waals surface area contributed by atoms with Gasteiger partial charge >= 0.3 is 0 Å². The Hall–Kier alpha value is -3.13. The molecule has 2 amide bonds. The highest BCUT2D eigenvalue weighted by Gasteiger charge is 2.20. The van der Waals surface area contributed by atoms with Crippen molar-refractivity contribution >= 4 is 23.6 Å². The topological polar surface area (TPSA) is 88.3 Å². The van der Waals surface area contributed by atoms with Crippen molar-refractivity contribution in [3.05, 3.63) is 65.0 Å². The zero-order chi connectivity index (χ0) is 22.4. The van der Waals surface area contributed by atoms with Gasteiger partial charge in [-0.05, 0) is 56.9 Å². The van der Waals surface area contributed by atoms with Gasteiger partial charge in [0.05, 0.1) is 17.5 Å². The minimum absolute atomic E-state index is 0.00891. The number of rotatable bonds is 8. The van der Waals surface area contributed by atoms with E-state index in [4.69, 9.17) is 4.42 Å². The number of carbonyl (C=O) groups excluding carboxylic acids is 2. The van der Waals surface area contributed by atoms with E-state index in [1.54, 1.807) is 42.4 Å². The summed E-state index contributed by atoms with van der Waals surface area (Å²) in [5.41, 5.74) is 2.58. The fraction of sp³-hybridized carbons (Fsp3) is 0.304. The number of benzene rings is 1. The number of aryl methyl sites for hydroxylation is 1. The Bertz CT molecular complexity index is 1050. The standard InChI is InChI=1S/C23H26N4O3S/c1-5-27(6-2)23(29)17-11-9-16(10-12-17)14-24-21(28)19-15(3)25-20(26-22(19)31-4)18-8-7-13-30-18/h7-13H,5-6,14H2,1-4H3,(H,24,28). The van der Waals surface area contributed by atoms with Gasteiger partial charge in [0.2, 0.25) is 0 Å². The molecule has 2 aromatic heterocycles. The molecule has 0 aliphatic carbocycles. The predicted octanol–water partition coefficient (Wildman–Crippen LogP) is 4.18. The number of amides is 2. The fourth-order valence-corrected chi connectivity index (χ4v) is 3.82. The molecule has 0 aliphatic heterocycles. The number of nitrogens with zero attached hydrogens (tertiary/aromatic N) is 3. The van der Waals surface area contributed by atoms with E-state index in [1.807, 2.05) is 32.2 Å². The third-order valence-electron chi connectivity index (χ3n) is 4.92. The molecule has 0 atom stereocenters. The van der Waals surface area contributed by atoms with Crippen LogP contribution < -0.4 is 5.32 Å². The lowest BCUT2D eigenvalue weighted by Crippen LogP contribution is -2.30. The van der Waals surface area contributed by atoms with Crippen LogP contribution in [0.2, 0.25) is 0 Å². The van der Waals surface area contributed by atoms with Crippen LogP contribution in [0.25, 0.3) is 11.6 Å². The van der Waals surface area contributed by atoms with Crippen LogP contribution >= 0.6 is 11.8 Å². The first-order chi connectivity index (χ1) is 15.0. The quantitative estimate of drug-likeness (QED) is 0.419. The van der Waals surface area contributed by atoms with E-state index in [0.717, 1.165) is 5.56 Å². The SMILES string of the molecule is CCN(CC)C(=O)c1ccc(CNC(=O)c2c(C)nc(-c3ccco3)nc2SC)cc1. The predicted molar refractivity (Wildman–Crippen MR) is 121 cm³/mol. The molecule has 0 radical (unpaired) electrons. The Balaban J connectivity index is 1.71. The number of nitrogens with one attached hydrogen (secondary N) is 1. The summed E-state index contributed by atoms with van der Waals surface area (Å²) in [7, 11) is 0. The number of aromatic nitrogens is 2. The Labute approximate surface area is 186 Å². The molecule has 8 heteroatoms. The van der Waals surface area contributed by atoms with Gasteiger partial charge in [0.25, 0.3) is 11.8 Å². The Kier molecular flexibility index (Phi) is 7.46. The summed E-state index contributed by atoms with van der Waals surface area (Å²) in [4.78, 5) is 36.0. The van der Waals surface area contributed by atoms with E-state index in [2.05, 4.69) is 15.3 Å². The zero-order valence-corrected chi connectivity index (χ0v) is 19.0. The average molecular weight is 439 g/mol. The van der Waals surface area contributed by atoms with Gasteiger partial charge in [-0.1, -0.05) is 12.1 Å². The lowest BCUT2D eigenvalue weighted by molar-refractivity contribution is 0.0772. The second-order valence-electron chi connectivity index (χ2n) is 6.85. The molecule has 0 bridgehead atoms. The van der Waals surface area contributed by atoms with Crippen molar-refractivity contribution in [2.45, 2.75) is 32.3 Å². The Morgan fingerprint density at radius 2 is 1.81 bits per heavy atom. The highest BCUT2D eigenvalue weighted by Crippen LogP contribution is 2.25. The maximum atomic E-state index is 12.9. The highest BCUT2D eigenvalue weighted by molar-refractivity contribution is 7.98. The molecule has 7 nitrogen and oxygen atoms in total. The van der Waals surface area contributed by atoms with Crippen molar-refractivity contribution in [1.29, 1.82) is 0 Å².